The third kappa shape index (κ3) is 7.30. The van der Waals surface area contributed by atoms with Crippen LogP contribution in [0.3, 0.4) is 0 Å². The Morgan fingerprint density at radius 3 is 2.56 bits per heavy atom. The summed E-state index contributed by atoms with van der Waals surface area (Å²) in [6.07, 6.45) is 9.52. The highest BCUT2D eigenvalue weighted by atomic mass is 32.2. The molecule has 1 aliphatic heterocycles. The molecule has 3 aromatic rings. The van der Waals surface area contributed by atoms with Crippen LogP contribution in [0.5, 0.6) is 0 Å². The minimum Gasteiger partial charge on any atom is -0.352 e. The molecule has 1 N–H and O–H groups in total. The standard InChI is InChI=1S/C35H41N3O2S/c1-25-14-15-26(2)29(22-25)24-38-31-12-7-8-13-32(31)41-33(35(38)40)23-27-16-18-28(19-17-27)34(39)36-20-9-21-37(3)30-10-5-4-6-11-30/h7-8,12-19,22-23,30H,4-6,9-11,20-21,24H2,1-3H3,(H,36,39)/b33-23-. The molecule has 1 saturated carbocycles. The normalized spacial score (nSPS) is 16.7. The molecule has 2 aliphatic rings. The Bertz CT molecular complexity index is 1410. The van der Waals surface area contributed by atoms with E-state index in [-0.39, 0.29) is 11.8 Å². The van der Waals surface area contributed by atoms with Crippen LogP contribution in [0.4, 0.5) is 5.69 Å². The monoisotopic (exact) mass is 567 g/mol. The summed E-state index contributed by atoms with van der Waals surface area (Å²) in [4.78, 5) is 32.6. The maximum Gasteiger partial charge on any atom is 0.265 e. The van der Waals surface area contributed by atoms with Crippen molar-refractivity contribution < 1.29 is 9.59 Å². The zero-order chi connectivity index (χ0) is 28.8. The first-order valence-electron chi connectivity index (χ1n) is 14.8. The first-order valence-corrected chi connectivity index (χ1v) is 15.7. The predicted molar refractivity (Wildman–Crippen MR) is 170 cm³/mol. The van der Waals surface area contributed by atoms with E-state index in [0.717, 1.165) is 34.7 Å². The molecule has 3 aromatic carbocycles. The van der Waals surface area contributed by atoms with Gasteiger partial charge in [-0.05, 0) is 93.7 Å². The predicted octanol–water partition coefficient (Wildman–Crippen LogP) is 7.37. The molecule has 0 atom stereocenters. The second kappa shape index (κ2) is 13.5. The fraction of sp³-hybridized carbons (Fsp3) is 0.371. The summed E-state index contributed by atoms with van der Waals surface area (Å²) in [5.74, 6) is -0.0594. The van der Waals surface area contributed by atoms with Gasteiger partial charge in [0, 0.05) is 23.0 Å². The van der Waals surface area contributed by atoms with E-state index in [0.29, 0.717) is 29.6 Å². The molecule has 0 saturated heterocycles. The van der Waals surface area contributed by atoms with Gasteiger partial charge in [0.2, 0.25) is 0 Å². The summed E-state index contributed by atoms with van der Waals surface area (Å²) in [6.45, 7) is 6.37. The van der Waals surface area contributed by atoms with Crippen LogP contribution >= 0.6 is 11.8 Å². The van der Waals surface area contributed by atoms with E-state index in [2.05, 4.69) is 55.4 Å². The fourth-order valence-electron chi connectivity index (χ4n) is 5.78. The number of aryl methyl sites for hydroxylation is 2. The van der Waals surface area contributed by atoms with Gasteiger partial charge < -0.3 is 15.1 Å². The summed E-state index contributed by atoms with van der Waals surface area (Å²) < 4.78 is 0. The van der Waals surface area contributed by atoms with E-state index < -0.39 is 0 Å². The van der Waals surface area contributed by atoms with Gasteiger partial charge in [-0.2, -0.15) is 0 Å². The van der Waals surface area contributed by atoms with E-state index >= 15 is 0 Å². The second-order valence-corrected chi connectivity index (χ2v) is 12.5. The van der Waals surface area contributed by atoms with Crippen molar-refractivity contribution in [3.05, 3.63) is 99.5 Å². The van der Waals surface area contributed by atoms with Crippen molar-refractivity contribution in [3.8, 4) is 0 Å². The van der Waals surface area contributed by atoms with Gasteiger partial charge in [-0.15, -0.1) is 0 Å². The van der Waals surface area contributed by atoms with Crippen LogP contribution in [-0.2, 0) is 11.3 Å². The number of hydrogen-bond acceptors (Lipinski definition) is 4. The van der Waals surface area contributed by atoms with Crippen LogP contribution in [0.1, 0.15) is 71.1 Å². The third-order valence-corrected chi connectivity index (χ3v) is 9.38. The van der Waals surface area contributed by atoms with Gasteiger partial charge in [0.25, 0.3) is 11.8 Å². The Hall–Kier alpha value is -3.35. The topological polar surface area (TPSA) is 52.7 Å². The van der Waals surface area contributed by atoms with Crippen LogP contribution in [0, 0.1) is 13.8 Å². The average Bonchev–Trinajstić information content (AvgIpc) is 2.99. The minimum atomic E-state index is -0.0544. The summed E-state index contributed by atoms with van der Waals surface area (Å²) in [5.41, 5.74) is 5.99. The maximum atomic E-state index is 13.7. The van der Waals surface area contributed by atoms with Gasteiger partial charge in [-0.3, -0.25) is 9.59 Å². The van der Waals surface area contributed by atoms with Crippen LogP contribution in [-0.4, -0.2) is 42.9 Å². The van der Waals surface area contributed by atoms with Crippen molar-refractivity contribution in [2.24, 2.45) is 0 Å². The molecule has 0 aromatic heterocycles. The number of carbonyl (C=O) groups excluding carboxylic acids is 2. The molecule has 5 rings (SSSR count). The molecule has 5 nitrogen and oxygen atoms in total. The molecule has 0 bridgehead atoms. The number of para-hydroxylation sites is 1. The molecule has 6 heteroatoms. The molecule has 214 valence electrons. The summed E-state index contributed by atoms with van der Waals surface area (Å²) in [5, 5.41) is 3.07. The number of benzene rings is 3. The zero-order valence-electron chi connectivity index (χ0n) is 24.5. The highest BCUT2D eigenvalue weighted by Gasteiger charge is 2.29. The molecule has 2 amide bonds. The lowest BCUT2D eigenvalue weighted by Crippen LogP contribution is -2.35. The highest BCUT2D eigenvalue weighted by Crippen LogP contribution is 2.42. The second-order valence-electron chi connectivity index (χ2n) is 11.4. The zero-order valence-corrected chi connectivity index (χ0v) is 25.3. The number of hydrogen-bond donors (Lipinski definition) is 1. The van der Waals surface area contributed by atoms with Crippen molar-refractivity contribution >= 4 is 35.3 Å². The van der Waals surface area contributed by atoms with Crippen LogP contribution < -0.4 is 10.2 Å². The van der Waals surface area contributed by atoms with E-state index in [1.54, 1.807) is 0 Å². The fourth-order valence-corrected chi connectivity index (χ4v) is 6.84. The number of rotatable bonds is 9. The number of fused-ring (bicyclic) bond motifs is 1. The van der Waals surface area contributed by atoms with Gasteiger partial charge in [-0.25, -0.2) is 0 Å². The number of nitrogens with zero attached hydrogens (tertiary/aromatic N) is 2. The first-order chi connectivity index (χ1) is 19.9. The van der Waals surface area contributed by atoms with Crippen LogP contribution in [0.15, 0.2) is 76.5 Å². The maximum absolute atomic E-state index is 13.7. The molecular formula is C35H41N3O2S. The van der Waals surface area contributed by atoms with E-state index in [4.69, 9.17) is 0 Å². The number of amides is 2. The van der Waals surface area contributed by atoms with Crippen molar-refractivity contribution in [2.45, 2.75) is 69.9 Å². The molecule has 1 heterocycles. The lowest BCUT2D eigenvalue weighted by Gasteiger charge is -2.31. The van der Waals surface area contributed by atoms with Crippen LogP contribution in [0.2, 0.25) is 0 Å². The molecular weight excluding hydrogens is 526 g/mol. The highest BCUT2D eigenvalue weighted by molar-refractivity contribution is 8.04. The molecule has 0 radical (unpaired) electrons. The smallest absolute Gasteiger partial charge is 0.265 e. The van der Waals surface area contributed by atoms with E-state index in [1.807, 2.05) is 53.4 Å². The average molecular weight is 568 g/mol. The van der Waals surface area contributed by atoms with Crippen molar-refractivity contribution in [2.75, 3.05) is 25.0 Å². The van der Waals surface area contributed by atoms with Gasteiger partial charge in [0.05, 0.1) is 17.1 Å². The Balaban J connectivity index is 1.22. The van der Waals surface area contributed by atoms with Gasteiger partial charge in [0.15, 0.2) is 0 Å². The van der Waals surface area contributed by atoms with E-state index in [9.17, 15) is 9.59 Å². The largest absolute Gasteiger partial charge is 0.352 e. The number of anilines is 1. The summed E-state index contributed by atoms with van der Waals surface area (Å²) >= 11 is 1.50. The number of carbonyl (C=O) groups is 2. The van der Waals surface area contributed by atoms with Crippen molar-refractivity contribution in [3.63, 3.8) is 0 Å². The SMILES string of the molecule is Cc1ccc(C)c(CN2C(=O)/C(=C/c3ccc(C(=O)NCCCN(C)C4CCCCC4)cc3)Sc3ccccc32)c1. The summed E-state index contributed by atoms with van der Waals surface area (Å²) in [7, 11) is 2.21. The van der Waals surface area contributed by atoms with E-state index in [1.165, 1.54) is 55.0 Å². The van der Waals surface area contributed by atoms with Gasteiger partial charge in [0.1, 0.15) is 0 Å². The first kappa shape index (κ1) is 29.2. The van der Waals surface area contributed by atoms with Crippen LogP contribution in [0.25, 0.3) is 6.08 Å². The van der Waals surface area contributed by atoms with Gasteiger partial charge in [-0.1, -0.05) is 79.1 Å². The quantitative estimate of drug-likeness (QED) is 0.217. The summed E-state index contributed by atoms with van der Waals surface area (Å²) in [6, 6.07) is 22.7. The lowest BCUT2D eigenvalue weighted by molar-refractivity contribution is -0.114. The molecule has 0 spiro atoms. The Morgan fingerprint density at radius 2 is 1.78 bits per heavy atom. The molecule has 0 unspecified atom stereocenters. The molecule has 41 heavy (non-hydrogen) atoms. The van der Waals surface area contributed by atoms with Crippen molar-refractivity contribution in [1.29, 1.82) is 0 Å². The third-order valence-electron chi connectivity index (χ3n) is 8.31. The van der Waals surface area contributed by atoms with Gasteiger partial charge >= 0.3 is 0 Å². The van der Waals surface area contributed by atoms with Crippen molar-refractivity contribution in [1.82, 2.24) is 10.2 Å². The minimum absolute atomic E-state index is 0.00498. The Labute approximate surface area is 249 Å². The Kier molecular flexibility index (Phi) is 9.63. The number of nitrogens with one attached hydrogen (secondary N) is 1. The molecule has 1 aliphatic carbocycles. The lowest BCUT2D eigenvalue weighted by atomic mass is 9.94. The number of thioether (sulfide) groups is 1. The molecule has 1 fully saturated rings. The Morgan fingerprint density at radius 1 is 1.02 bits per heavy atom.